The minimum absolute atomic E-state index is 0.0371. The zero-order valence-electron chi connectivity index (χ0n) is 32.5. The quantitative estimate of drug-likeness (QED) is 0.0521. The molecule has 0 N–H and O–H groups in total. The highest BCUT2D eigenvalue weighted by atomic mass is 17.2. The molecule has 4 unspecified atom stereocenters. The lowest BCUT2D eigenvalue weighted by atomic mass is 9.77. The van der Waals surface area contributed by atoms with Crippen molar-refractivity contribution in [1.82, 2.24) is 0 Å². The SMILES string of the molecule is CCOC(=O)Oc1ccccc1C(=O)C1(OC(=O)C(C)C)C=CC=CC1C(=O)OOC(=O)C1C=CC=CC1(OC(=O)C(C)C)C(=O)c1ccccc1OC(=O)OCC. The first-order valence-corrected chi connectivity index (χ1v) is 18.2. The van der Waals surface area contributed by atoms with Gasteiger partial charge in [0.15, 0.2) is 0 Å². The van der Waals surface area contributed by atoms with Gasteiger partial charge in [-0.15, -0.1) is 0 Å². The van der Waals surface area contributed by atoms with Crippen molar-refractivity contribution >= 4 is 47.8 Å². The van der Waals surface area contributed by atoms with Gasteiger partial charge in [-0.25, -0.2) is 29.0 Å². The third-order valence-electron chi connectivity index (χ3n) is 8.52. The van der Waals surface area contributed by atoms with E-state index in [1.165, 1.54) is 113 Å². The van der Waals surface area contributed by atoms with Crippen LogP contribution in [0, 0.1) is 23.7 Å². The van der Waals surface area contributed by atoms with E-state index in [-0.39, 0.29) is 35.8 Å². The van der Waals surface area contributed by atoms with Gasteiger partial charge in [0.25, 0.3) is 0 Å². The Bertz CT molecular complexity index is 1910. The van der Waals surface area contributed by atoms with Gasteiger partial charge >= 0.3 is 36.2 Å². The maximum atomic E-state index is 14.5. The summed E-state index contributed by atoms with van der Waals surface area (Å²) >= 11 is 0. The van der Waals surface area contributed by atoms with Crippen LogP contribution in [0.2, 0.25) is 0 Å². The molecule has 2 aromatic rings. The highest BCUT2D eigenvalue weighted by Gasteiger charge is 2.55. The fourth-order valence-electron chi connectivity index (χ4n) is 5.61. The van der Waals surface area contributed by atoms with Crippen LogP contribution >= 0.6 is 0 Å². The van der Waals surface area contributed by atoms with Crippen molar-refractivity contribution in [2.24, 2.45) is 23.7 Å². The zero-order chi connectivity index (χ0) is 42.6. The van der Waals surface area contributed by atoms with Crippen LogP contribution in [0.5, 0.6) is 11.5 Å². The van der Waals surface area contributed by atoms with Crippen LogP contribution in [0.25, 0.3) is 0 Å². The topological polar surface area (TPSA) is 210 Å². The van der Waals surface area contributed by atoms with Crippen LogP contribution in [-0.2, 0) is 47.9 Å². The Morgan fingerprint density at radius 1 is 0.552 bits per heavy atom. The molecule has 2 aromatic carbocycles. The van der Waals surface area contributed by atoms with Gasteiger partial charge in [0.1, 0.15) is 23.3 Å². The van der Waals surface area contributed by atoms with Crippen molar-refractivity contribution < 1.29 is 76.6 Å². The van der Waals surface area contributed by atoms with Gasteiger partial charge in [0.2, 0.25) is 22.8 Å². The predicted molar refractivity (Wildman–Crippen MR) is 200 cm³/mol. The molecule has 4 atom stereocenters. The maximum absolute atomic E-state index is 14.5. The summed E-state index contributed by atoms with van der Waals surface area (Å²) in [5, 5.41) is 0. The Morgan fingerprint density at radius 2 is 0.914 bits per heavy atom. The van der Waals surface area contributed by atoms with Crippen molar-refractivity contribution in [2.45, 2.75) is 52.7 Å². The van der Waals surface area contributed by atoms with Crippen molar-refractivity contribution in [3.63, 3.8) is 0 Å². The number of benzene rings is 2. The van der Waals surface area contributed by atoms with Crippen molar-refractivity contribution in [1.29, 1.82) is 0 Å². The third-order valence-corrected chi connectivity index (χ3v) is 8.52. The van der Waals surface area contributed by atoms with E-state index in [0.29, 0.717) is 0 Å². The van der Waals surface area contributed by atoms with Crippen LogP contribution in [0.4, 0.5) is 9.59 Å². The normalized spacial score (nSPS) is 20.4. The largest absolute Gasteiger partial charge is 0.513 e. The van der Waals surface area contributed by atoms with Crippen molar-refractivity contribution in [2.75, 3.05) is 13.2 Å². The zero-order valence-corrected chi connectivity index (χ0v) is 32.5. The molecule has 0 bridgehead atoms. The summed E-state index contributed by atoms with van der Waals surface area (Å²) in [6.07, 6.45) is 7.70. The predicted octanol–water partition coefficient (Wildman–Crippen LogP) is 6.18. The first-order valence-electron chi connectivity index (χ1n) is 18.2. The van der Waals surface area contributed by atoms with E-state index in [1.807, 2.05) is 0 Å². The Balaban J connectivity index is 1.71. The maximum Gasteiger partial charge on any atom is 0.513 e. The molecule has 16 nitrogen and oxygen atoms in total. The Kier molecular flexibility index (Phi) is 14.6. The molecule has 2 aliphatic rings. The second kappa shape index (κ2) is 19.3. The van der Waals surface area contributed by atoms with E-state index in [1.54, 1.807) is 13.8 Å². The van der Waals surface area contributed by atoms with Gasteiger partial charge < -0.3 is 28.4 Å². The molecule has 0 heterocycles. The first-order chi connectivity index (χ1) is 27.6. The number of para-hydroxylation sites is 2. The number of allylic oxidation sites excluding steroid dienone is 4. The van der Waals surface area contributed by atoms with Gasteiger partial charge in [0.05, 0.1) is 36.2 Å². The highest BCUT2D eigenvalue weighted by molar-refractivity contribution is 6.11. The number of rotatable bonds is 14. The van der Waals surface area contributed by atoms with Crippen LogP contribution < -0.4 is 9.47 Å². The summed E-state index contributed by atoms with van der Waals surface area (Å²) in [6.45, 7) is 8.97. The molecule has 0 fully saturated rings. The van der Waals surface area contributed by atoms with E-state index in [9.17, 15) is 38.4 Å². The minimum Gasteiger partial charge on any atom is -0.445 e. The van der Waals surface area contributed by atoms with E-state index in [4.69, 9.17) is 38.2 Å². The molecule has 0 saturated heterocycles. The molecule has 2 aliphatic carbocycles. The average molecular weight is 803 g/mol. The molecule has 0 spiro atoms. The van der Waals surface area contributed by atoms with Gasteiger partial charge in [-0.3, -0.25) is 19.2 Å². The lowest BCUT2D eigenvalue weighted by Gasteiger charge is -2.36. The molecular weight excluding hydrogens is 760 g/mol. The van der Waals surface area contributed by atoms with Crippen LogP contribution in [-0.4, -0.2) is 72.2 Å². The first kappa shape index (κ1) is 43.9. The number of ketones is 2. The lowest BCUT2D eigenvalue weighted by molar-refractivity contribution is -0.267. The number of carbonyl (C=O) groups is 8. The molecule has 0 radical (unpaired) electrons. The van der Waals surface area contributed by atoms with E-state index in [2.05, 4.69) is 0 Å². The number of hydrogen-bond donors (Lipinski definition) is 0. The summed E-state index contributed by atoms with van der Waals surface area (Å²) < 4.78 is 31.6. The van der Waals surface area contributed by atoms with Crippen LogP contribution in [0.15, 0.2) is 97.1 Å². The van der Waals surface area contributed by atoms with Crippen molar-refractivity contribution in [3.05, 3.63) is 108 Å². The highest BCUT2D eigenvalue weighted by Crippen LogP contribution is 2.39. The molecule has 0 aromatic heterocycles. The van der Waals surface area contributed by atoms with E-state index >= 15 is 0 Å². The Labute approximate surface area is 333 Å². The van der Waals surface area contributed by atoms with Crippen LogP contribution in [0.3, 0.4) is 0 Å². The number of ether oxygens (including phenoxy) is 6. The summed E-state index contributed by atoms with van der Waals surface area (Å²) in [5.41, 5.74) is -5.53. The van der Waals surface area contributed by atoms with Gasteiger partial charge in [-0.1, -0.05) is 88.4 Å². The summed E-state index contributed by atoms with van der Waals surface area (Å²) in [6, 6.07) is 10.9. The van der Waals surface area contributed by atoms with Gasteiger partial charge in [-0.2, -0.15) is 0 Å². The lowest BCUT2D eigenvalue weighted by Crippen LogP contribution is -2.53. The van der Waals surface area contributed by atoms with Crippen molar-refractivity contribution in [3.8, 4) is 11.5 Å². The summed E-state index contributed by atoms with van der Waals surface area (Å²) in [7, 11) is 0. The van der Waals surface area contributed by atoms with E-state index < -0.39 is 82.6 Å². The molecular formula is C42H42O16. The number of esters is 2. The van der Waals surface area contributed by atoms with Gasteiger partial charge in [0, 0.05) is 0 Å². The fraction of sp³-hybridized carbons (Fsp3) is 0.333. The molecule has 0 amide bonds. The third kappa shape index (κ3) is 9.75. The minimum atomic E-state index is -2.48. The molecule has 306 valence electrons. The average Bonchev–Trinajstić information content (AvgIpc) is 3.20. The monoisotopic (exact) mass is 802 g/mol. The molecule has 4 rings (SSSR count). The number of carbonyl (C=O) groups excluding carboxylic acids is 8. The molecule has 0 saturated carbocycles. The summed E-state index contributed by atoms with van der Waals surface area (Å²) in [4.78, 5) is 118. The smallest absolute Gasteiger partial charge is 0.445 e. The molecule has 58 heavy (non-hydrogen) atoms. The molecule has 0 aliphatic heterocycles. The Hall–Kier alpha value is -6.84. The van der Waals surface area contributed by atoms with Crippen LogP contribution in [0.1, 0.15) is 62.3 Å². The molecule has 16 heteroatoms. The second-order valence-corrected chi connectivity index (χ2v) is 13.2. The Morgan fingerprint density at radius 3 is 1.26 bits per heavy atom. The number of Topliss-reactive ketones (excluding diaryl/α,β-unsaturated/α-hetero) is 2. The number of hydrogen-bond acceptors (Lipinski definition) is 16. The van der Waals surface area contributed by atoms with E-state index in [0.717, 1.165) is 12.2 Å². The standard InChI is InChI=1S/C42H42O16/c1-7-51-39(49)53-31-21-11-9-17-27(31)33(43)41(55-35(45)25(3)4)23-15-13-19-29(41)37(47)57-58-38(48)30-20-14-16-24-42(30,56-36(46)26(5)6)34(44)28-18-10-12-22-32(28)54-40(50)52-8-2/h9-26,29-30H,7-8H2,1-6H3. The van der Waals surface area contributed by atoms with Gasteiger partial charge in [-0.05, 0) is 50.3 Å². The fourth-order valence-corrected chi connectivity index (χ4v) is 5.61. The second-order valence-electron chi connectivity index (χ2n) is 13.2. The summed E-state index contributed by atoms with van der Waals surface area (Å²) in [5.74, 6) is -12.5.